The number of rotatable bonds is 9. The number of aromatic nitrogens is 1. The molecule has 130 valence electrons. The van der Waals surface area contributed by atoms with Crippen LogP contribution in [0.15, 0.2) is 42.5 Å². The van der Waals surface area contributed by atoms with Gasteiger partial charge in [0.1, 0.15) is 6.61 Å². The smallest absolute Gasteiger partial charge is 0.390 e. The van der Waals surface area contributed by atoms with E-state index < -0.39 is 7.82 Å². The van der Waals surface area contributed by atoms with Crippen LogP contribution in [0.3, 0.4) is 0 Å². The fraction of sp³-hybridized carbons (Fsp3) is 0.312. The zero-order valence-corrected chi connectivity index (χ0v) is 14.2. The number of nitrogens with zero attached hydrogens (tertiary/aromatic N) is 1. The molecule has 24 heavy (non-hydrogen) atoms. The van der Waals surface area contributed by atoms with Gasteiger partial charge in [-0.05, 0) is 23.3 Å². The molecule has 0 saturated heterocycles. The third kappa shape index (κ3) is 6.13. The maximum absolute atomic E-state index is 11.9. The Labute approximate surface area is 140 Å². The molecule has 1 unspecified atom stereocenters. The van der Waals surface area contributed by atoms with E-state index in [9.17, 15) is 9.46 Å². The van der Waals surface area contributed by atoms with E-state index in [-0.39, 0.29) is 19.8 Å². The van der Waals surface area contributed by atoms with Gasteiger partial charge >= 0.3 is 7.82 Å². The first-order chi connectivity index (χ1) is 11.5. The van der Waals surface area contributed by atoms with Crippen molar-refractivity contribution in [2.45, 2.75) is 26.4 Å². The zero-order chi connectivity index (χ0) is 17.4. The van der Waals surface area contributed by atoms with E-state index in [1.807, 2.05) is 18.2 Å². The van der Waals surface area contributed by atoms with Crippen molar-refractivity contribution in [3.05, 3.63) is 65.0 Å². The van der Waals surface area contributed by atoms with Gasteiger partial charge in [0, 0.05) is 7.11 Å². The van der Waals surface area contributed by atoms with Gasteiger partial charge in [0.2, 0.25) is 0 Å². The van der Waals surface area contributed by atoms with Crippen LogP contribution in [-0.4, -0.2) is 22.1 Å². The molecule has 0 spiro atoms. The second-order valence-electron chi connectivity index (χ2n) is 5.05. The summed E-state index contributed by atoms with van der Waals surface area (Å²) in [4.78, 5) is 13.8. The van der Waals surface area contributed by atoms with Gasteiger partial charge in [0.15, 0.2) is 0 Å². The highest BCUT2D eigenvalue weighted by atomic mass is 31.2. The lowest BCUT2D eigenvalue weighted by Crippen LogP contribution is -2.00. The molecule has 2 N–H and O–H groups in total. The Balaban J connectivity index is 1.88. The molecule has 0 radical (unpaired) electrons. The summed E-state index contributed by atoms with van der Waals surface area (Å²) in [6, 6.07) is 12.3. The molecule has 0 bridgehead atoms. The lowest BCUT2D eigenvalue weighted by atomic mass is 10.1. The highest BCUT2D eigenvalue weighted by molar-refractivity contribution is 7.47. The number of hydrogen-bond donors (Lipinski definition) is 2. The molecule has 0 aliphatic heterocycles. The number of methoxy groups -OCH3 is 1. The van der Waals surface area contributed by atoms with E-state index in [0.29, 0.717) is 18.0 Å². The Morgan fingerprint density at radius 1 is 1.00 bits per heavy atom. The number of hydrogen-bond acceptors (Lipinski definition) is 6. The van der Waals surface area contributed by atoms with Gasteiger partial charge in [-0.25, -0.2) is 4.57 Å². The molecule has 1 aromatic heterocycles. The zero-order valence-electron chi connectivity index (χ0n) is 13.3. The van der Waals surface area contributed by atoms with Crippen LogP contribution in [0.2, 0.25) is 0 Å². The lowest BCUT2D eigenvalue weighted by Gasteiger charge is -2.12. The van der Waals surface area contributed by atoms with E-state index in [1.165, 1.54) is 0 Å². The van der Waals surface area contributed by atoms with Crippen LogP contribution in [-0.2, 0) is 44.8 Å². The topological polar surface area (TPSA) is 98.1 Å². The van der Waals surface area contributed by atoms with Crippen LogP contribution >= 0.6 is 7.82 Å². The van der Waals surface area contributed by atoms with Crippen molar-refractivity contribution in [3.63, 3.8) is 0 Å². The fourth-order valence-corrected chi connectivity index (χ4v) is 2.70. The quantitative estimate of drug-likeness (QED) is 0.669. The Morgan fingerprint density at radius 3 is 2.33 bits per heavy atom. The summed E-state index contributed by atoms with van der Waals surface area (Å²) in [5, 5.41) is 9.02. The van der Waals surface area contributed by atoms with Crippen molar-refractivity contribution >= 4 is 7.82 Å². The number of ether oxygens (including phenoxy) is 1. The third-order valence-corrected chi connectivity index (χ3v) is 4.01. The maximum Gasteiger partial charge on any atom is 0.472 e. The van der Waals surface area contributed by atoms with E-state index in [2.05, 4.69) is 4.98 Å². The van der Waals surface area contributed by atoms with Crippen LogP contribution < -0.4 is 0 Å². The van der Waals surface area contributed by atoms with Crippen LogP contribution in [0.4, 0.5) is 0 Å². The molecule has 1 aromatic carbocycles. The number of aliphatic hydroxyl groups excluding tert-OH is 1. The van der Waals surface area contributed by atoms with Gasteiger partial charge in [0.25, 0.3) is 0 Å². The average molecular weight is 353 g/mol. The molecule has 8 heteroatoms. The van der Waals surface area contributed by atoms with Crippen molar-refractivity contribution in [2.75, 3.05) is 7.11 Å². The largest absolute Gasteiger partial charge is 0.472 e. The molecule has 2 aromatic rings. The predicted octanol–water partition coefficient (Wildman–Crippen LogP) is 2.55. The van der Waals surface area contributed by atoms with E-state index in [0.717, 1.165) is 11.1 Å². The summed E-state index contributed by atoms with van der Waals surface area (Å²) >= 11 is 0. The molecule has 0 fully saturated rings. The van der Waals surface area contributed by atoms with Gasteiger partial charge in [-0.1, -0.05) is 30.3 Å². The fourth-order valence-electron chi connectivity index (χ4n) is 2.01. The first kappa shape index (κ1) is 18.7. The summed E-state index contributed by atoms with van der Waals surface area (Å²) in [5.74, 6) is 0. The Bertz CT molecular complexity index is 708. The minimum Gasteiger partial charge on any atom is -0.390 e. The van der Waals surface area contributed by atoms with Crippen LogP contribution in [0, 0.1) is 0 Å². The molecule has 1 heterocycles. The third-order valence-electron chi connectivity index (χ3n) is 3.10. The highest BCUT2D eigenvalue weighted by Crippen LogP contribution is 2.44. The van der Waals surface area contributed by atoms with Crippen molar-refractivity contribution in [1.82, 2.24) is 4.98 Å². The van der Waals surface area contributed by atoms with Crippen LogP contribution in [0.25, 0.3) is 0 Å². The Morgan fingerprint density at radius 2 is 1.62 bits per heavy atom. The number of aliphatic hydroxyl groups is 1. The molecular formula is C16H20NO6P. The van der Waals surface area contributed by atoms with Gasteiger partial charge in [-0.15, -0.1) is 0 Å². The summed E-state index contributed by atoms with van der Waals surface area (Å²) in [6.45, 7) is -0.00624. The Hall–Kier alpha value is -1.60. The minimum atomic E-state index is -4.21. The second-order valence-corrected chi connectivity index (χ2v) is 6.50. The number of benzene rings is 1. The first-order valence-electron chi connectivity index (χ1n) is 7.27. The lowest BCUT2D eigenvalue weighted by molar-refractivity contribution is 0.136. The molecule has 0 aliphatic rings. The molecule has 0 amide bonds. The molecule has 1 atom stereocenters. The van der Waals surface area contributed by atoms with Gasteiger partial charge in [0.05, 0.1) is 31.2 Å². The van der Waals surface area contributed by atoms with Crippen molar-refractivity contribution in [3.8, 4) is 0 Å². The second kappa shape index (κ2) is 9.03. The number of phosphoric ester groups is 1. The number of phosphoric acid groups is 1. The van der Waals surface area contributed by atoms with Gasteiger partial charge in [-0.3, -0.25) is 14.0 Å². The highest BCUT2D eigenvalue weighted by Gasteiger charge is 2.21. The summed E-state index contributed by atoms with van der Waals surface area (Å²) in [7, 11) is -2.62. The van der Waals surface area contributed by atoms with Crippen molar-refractivity contribution in [1.29, 1.82) is 0 Å². The number of pyridine rings is 1. The molecular weight excluding hydrogens is 333 g/mol. The first-order valence-corrected chi connectivity index (χ1v) is 8.76. The predicted molar refractivity (Wildman–Crippen MR) is 86.7 cm³/mol. The van der Waals surface area contributed by atoms with E-state index in [4.69, 9.17) is 18.9 Å². The summed E-state index contributed by atoms with van der Waals surface area (Å²) < 4.78 is 26.9. The monoisotopic (exact) mass is 353 g/mol. The van der Waals surface area contributed by atoms with Gasteiger partial charge < -0.3 is 14.7 Å². The van der Waals surface area contributed by atoms with Crippen molar-refractivity contribution in [2.24, 2.45) is 0 Å². The van der Waals surface area contributed by atoms with Crippen molar-refractivity contribution < 1.29 is 28.3 Å². The average Bonchev–Trinajstić information content (AvgIpc) is 2.59. The van der Waals surface area contributed by atoms with Crippen LogP contribution in [0.5, 0.6) is 0 Å². The standard InChI is InChI=1S/C16H20NO6P/c1-21-10-13-4-2-5-14(8-13)11-22-24(19,20)23-12-16-7-3-6-15(9-18)17-16/h2-8,18H,9-12H2,1H3,(H,19,20). The molecule has 2 rings (SSSR count). The maximum atomic E-state index is 11.9. The van der Waals surface area contributed by atoms with E-state index >= 15 is 0 Å². The van der Waals surface area contributed by atoms with Gasteiger partial charge in [-0.2, -0.15) is 0 Å². The van der Waals surface area contributed by atoms with E-state index in [1.54, 1.807) is 31.4 Å². The van der Waals surface area contributed by atoms with Crippen LogP contribution in [0.1, 0.15) is 22.5 Å². The summed E-state index contributed by atoms with van der Waals surface area (Å²) in [5.41, 5.74) is 2.57. The Kier molecular flexibility index (Phi) is 7.05. The molecule has 0 saturated carbocycles. The molecule has 7 nitrogen and oxygen atoms in total. The molecule has 0 aliphatic carbocycles. The SMILES string of the molecule is COCc1cccc(COP(=O)(O)OCc2cccc(CO)n2)c1. The normalized spacial score (nSPS) is 13.6. The minimum absolute atomic E-state index is 0.0601. The summed E-state index contributed by atoms with van der Waals surface area (Å²) in [6.07, 6.45) is 0.